The summed E-state index contributed by atoms with van der Waals surface area (Å²) in [6.07, 6.45) is -0.787. The number of halogens is 1. The molecule has 0 spiro atoms. The molecule has 0 unspecified atom stereocenters. The van der Waals surface area contributed by atoms with Gasteiger partial charge in [-0.2, -0.15) is 0 Å². The first-order valence-corrected chi connectivity index (χ1v) is 8.57. The van der Waals surface area contributed by atoms with Crippen molar-refractivity contribution in [2.24, 2.45) is 0 Å². The number of benzene rings is 2. The van der Waals surface area contributed by atoms with Crippen LogP contribution >= 0.6 is 0 Å². The Kier molecular flexibility index (Phi) is 7.76. The standard InChI is InChI=1S/C20H22FNO5/c1-3-25-12-13-26-20(24)14(2)27-18-10-4-15(5-11-18)19(23)22-17-8-6-16(21)7-9-17/h4-11,14H,3,12-13H2,1-2H3,(H,22,23)/t14-/m0/s1. The molecule has 0 aliphatic rings. The Labute approximate surface area is 157 Å². The largest absolute Gasteiger partial charge is 0.479 e. The summed E-state index contributed by atoms with van der Waals surface area (Å²) in [5.41, 5.74) is 0.892. The van der Waals surface area contributed by atoms with Crippen LogP contribution in [0.5, 0.6) is 5.75 Å². The van der Waals surface area contributed by atoms with Gasteiger partial charge in [-0.05, 0) is 62.4 Å². The van der Waals surface area contributed by atoms with Gasteiger partial charge in [0.05, 0.1) is 6.61 Å². The van der Waals surface area contributed by atoms with Gasteiger partial charge in [-0.1, -0.05) is 0 Å². The quantitative estimate of drug-likeness (QED) is 0.537. The van der Waals surface area contributed by atoms with Crippen LogP contribution in [0.2, 0.25) is 0 Å². The number of nitrogens with one attached hydrogen (secondary N) is 1. The third-order valence-electron chi connectivity index (χ3n) is 3.54. The van der Waals surface area contributed by atoms with E-state index >= 15 is 0 Å². The maximum atomic E-state index is 12.9. The SMILES string of the molecule is CCOCCOC(=O)[C@H](C)Oc1ccc(C(=O)Nc2ccc(F)cc2)cc1. The van der Waals surface area contributed by atoms with Gasteiger partial charge < -0.3 is 19.5 Å². The second-order valence-corrected chi connectivity index (χ2v) is 5.61. The second kappa shape index (κ2) is 10.3. The van der Waals surface area contributed by atoms with E-state index in [2.05, 4.69) is 5.32 Å². The Balaban J connectivity index is 1.85. The van der Waals surface area contributed by atoms with Crippen molar-refractivity contribution >= 4 is 17.6 Å². The van der Waals surface area contributed by atoms with Gasteiger partial charge in [0.2, 0.25) is 0 Å². The van der Waals surface area contributed by atoms with E-state index in [0.29, 0.717) is 30.2 Å². The molecule has 1 atom stereocenters. The average molecular weight is 375 g/mol. The lowest BCUT2D eigenvalue weighted by molar-refractivity contribution is -0.152. The normalized spacial score (nSPS) is 11.5. The van der Waals surface area contributed by atoms with Gasteiger partial charge in [0, 0.05) is 17.9 Å². The Morgan fingerprint density at radius 1 is 1.04 bits per heavy atom. The highest BCUT2D eigenvalue weighted by Crippen LogP contribution is 2.16. The van der Waals surface area contributed by atoms with E-state index in [4.69, 9.17) is 14.2 Å². The van der Waals surface area contributed by atoms with E-state index in [9.17, 15) is 14.0 Å². The summed E-state index contributed by atoms with van der Waals surface area (Å²) in [7, 11) is 0. The Bertz CT molecular complexity index is 746. The monoisotopic (exact) mass is 375 g/mol. The Morgan fingerprint density at radius 2 is 1.70 bits per heavy atom. The number of anilines is 1. The first-order chi connectivity index (χ1) is 13.0. The van der Waals surface area contributed by atoms with E-state index < -0.39 is 12.1 Å². The minimum Gasteiger partial charge on any atom is -0.479 e. The van der Waals surface area contributed by atoms with Gasteiger partial charge in [-0.15, -0.1) is 0 Å². The molecule has 1 N–H and O–H groups in total. The molecule has 7 heteroatoms. The van der Waals surface area contributed by atoms with Crippen LogP contribution < -0.4 is 10.1 Å². The minimum absolute atomic E-state index is 0.170. The summed E-state index contributed by atoms with van der Waals surface area (Å²) in [5.74, 6) is -0.771. The molecule has 0 heterocycles. The predicted molar refractivity (Wildman–Crippen MR) is 98.3 cm³/mol. The Morgan fingerprint density at radius 3 is 2.33 bits per heavy atom. The highest BCUT2D eigenvalue weighted by Gasteiger charge is 2.16. The first-order valence-electron chi connectivity index (χ1n) is 8.57. The van der Waals surface area contributed by atoms with Crippen LogP contribution in [0.1, 0.15) is 24.2 Å². The minimum atomic E-state index is -0.787. The number of ether oxygens (including phenoxy) is 3. The van der Waals surface area contributed by atoms with Crippen molar-refractivity contribution in [3.05, 3.63) is 59.9 Å². The fourth-order valence-corrected chi connectivity index (χ4v) is 2.14. The van der Waals surface area contributed by atoms with Gasteiger partial charge >= 0.3 is 5.97 Å². The number of hydrogen-bond donors (Lipinski definition) is 1. The summed E-state index contributed by atoms with van der Waals surface area (Å²) in [4.78, 5) is 24.0. The first kappa shape index (κ1) is 20.4. The third kappa shape index (κ3) is 6.71. The number of carbonyl (C=O) groups is 2. The lowest BCUT2D eigenvalue weighted by Crippen LogP contribution is -2.27. The molecular formula is C20H22FNO5. The fourth-order valence-electron chi connectivity index (χ4n) is 2.14. The summed E-state index contributed by atoms with van der Waals surface area (Å²) in [6, 6.07) is 11.8. The molecular weight excluding hydrogens is 353 g/mol. The molecule has 144 valence electrons. The third-order valence-corrected chi connectivity index (χ3v) is 3.54. The molecule has 2 rings (SSSR count). The van der Waals surface area contributed by atoms with Crippen LogP contribution in [0.4, 0.5) is 10.1 Å². The van der Waals surface area contributed by atoms with Gasteiger partial charge in [0.25, 0.3) is 5.91 Å². The van der Waals surface area contributed by atoms with Crippen LogP contribution in [0.15, 0.2) is 48.5 Å². The molecule has 1 amide bonds. The molecule has 2 aromatic carbocycles. The molecule has 0 saturated carbocycles. The van der Waals surface area contributed by atoms with E-state index in [0.717, 1.165) is 0 Å². The smallest absolute Gasteiger partial charge is 0.347 e. The van der Waals surface area contributed by atoms with Crippen LogP contribution in [0.3, 0.4) is 0 Å². The van der Waals surface area contributed by atoms with E-state index in [1.807, 2.05) is 6.92 Å². The molecule has 2 aromatic rings. The van der Waals surface area contributed by atoms with Gasteiger partial charge in [0.15, 0.2) is 6.10 Å². The average Bonchev–Trinajstić information content (AvgIpc) is 2.67. The van der Waals surface area contributed by atoms with Crippen LogP contribution in [-0.4, -0.2) is 37.8 Å². The number of hydrogen-bond acceptors (Lipinski definition) is 5. The van der Waals surface area contributed by atoms with E-state index in [-0.39, 0.29) is 18.3 Å². The summed E-state index contributed by atoms with van der Waals surface area (Å²) in [6.45, 7) is 4.51. The zero-order valence-corrected chi connectivity index (χ0v) is 15.2. The van der Waals surface area contributed by atoms with Crippen LogP contribution in [0, 0.1) is 5.82 Å². The van der Waals surface area contributed by atoms with E-state index in [1.54, 1.807) is 31.2 Å². The maximum absolute atomic E-state index is 12.9. The van der Waals surface area contributed by atoms with Gasteiger partial charge in [-0.25, -0.2) is 9.18 Å². The van der Waals surface area contributed by atoms with Crippen molar-refractivity contribution in [1.82, 2.24) is 0 Å². The number of rotatable bonds is 9. The second-order valence-electron chi connectivity index (χ2n) is 5.61. The molecule has 0 saturated heterocycles. The van der Waals surface area contributed by atoms with E-state index in [1.165, 1.54) is 24.3 Å². The van der Waals surface area contributed by atoms with Crippen LogP contribution in [0.25, 0.3) is 0 Å². The summed E-state index contributed by atoms with van der Waals surface area (Å²) in [5, 5.41) is 2.66. The topological polar surface area (TPSA) is 73.9 Å². The maximum Gasteiger partial charge on any atom is 0.347 e. The highest BCUT2D eigenvalue weighted by atomic mass is 19.1. The Hall–Kier alpha value is -2.93. The molecule has 27 heavy (non-hydrogen) atoms. The van der Waals surface area contributed by atoms with Crippen LogP contribution in [-0.2, 0) is 14.3 Å². The lowest BCUT2D eigenvalue weighted by atomic mass is 10.2. The van der Waals surface area contributed by atoms with Crippen molar-refractivity contribution in [2.45, 2.75) is 20.0 Å². The summed E-state index contributed by atoms with van der Waals surface area (Å²) < 4.78 is 28.5. The molecule has 0 aromatic heterocycles. The molecule has 0 aliphatic carbocycles. The lowest BCUT2D eigenvalue weighted by Gasteiger charge is -2.14. The predicted octanol–water partition coefficient (Wildman–Crippen LogP) is 3.43. The summed E-state index contributed by atoms with van der Waals surface area (Å²) >= 11 is 0. The van der Waals surface area contributed by atoms with Crippen molar-refractivity contribution in [3.63, 3.8) is 0 Å². The molecule has 0 aliphatic heterocycles. The number of carbonyl (C=O) groups excluding carboxylic acids is 2. The van der Waals surface area contributed by atoms with Crippen molar-refractivity contribution < 1.29 is 28.2 Å². The zero-order chi connectivity index (χ0) is 19.6. The van der Waals surface area contributed by atoms with Crippen molar-refractivity contribution in [2.75, 3.05) is 25.1 Å². The highest BCUT2D eigenvalue weighted by molar-refractivity contribution is 6.04. The molecule has 0 radical (unpaired) electrons. The molecule has 0 fully saturated rings. The molecule has 0 bridgehead atoms. The van der Waals surface area contributed by atoms with Crippen molar-refractivity contribution in [1.29, 1.82) is 0 Å². The van der Waals surface area contributed by atoms with Crippen molar-refractivity contribution in [3.8, 4) is 5.75 Å². The fraction of sp³-hybridized carbons (Fsp3) is 0.300. The number of amides is 1. The van der Waals surface area contributed by atoms with Gasteiger partial charge in [0.1, 0.15) is 18.2 Å². The molecule has 6 nitrogen and oxygen atoms in total. The van der Waals surface area contributed by atoms with Gasteiger partial charge in [-0.3, -0.25) is 4.79 Å². The number of esters is 1. The zero-order valence-electron chi connectivity index (χ0n) is 15.2.